The van der Waals surface area contributed by atoms with Gasteiger partial charge >= 0.3 is 0 Å². The van der Waals surface area contributed by atoms with Crippen LogP contribution in [0.3, 0.4) is 0 Å². The molecule has 0 aliphatic heterocycles. The van der Waals surface area contributed by atoms with Gasteiger partial charge in [-0.05, 0) is 24.6 Å². The quantitative estimate of drug-likeness (QED) is 0.602. The maximum Gasteiger partial charge on any atom is 0.162 e. The Balaban J connectivity index is 2.15. The SMILES string of the molecule is COc1cc2ncc3c4ccc(C)cc4[nH]c3c2cc1OC. The minimum atomic E-state index is 0.689. The number of nitrogens with one attached hydrogen (secondary N) is 1. The van der Waals surface area contributed by atoms with Crippen LogP contribution in [0.2, 0.25) is 0 Å². The standard InChI is InChI=1S/C18H16N2O2/c1-10-4-5-11-13-9-19-14-8-17(22-3)16(21-2)7-12(14)18(13)20-15(11)6-10/h4-9,20H,1-3H3. The number of benzene rings is 2. The molecule has 0 amide bonds. The van der Waals surface area contributed by atoms with Crippen molar-refractivity contribution in [1.82, 2.24) is 9.97 Å². The zero-order chi connectivity index (χ0) is 15.3. The number of aryl methyl sites for hydroxylation is 1. The van der Waals surface area contributed by atoms with Gasteiger partial charge in [-0.1, -0.05) is 12.1 Å². The second-order valence-electron chi connectivity index (χ2n) is 5.45. The number of rotatable bonds is 2. The molecule has 0 aliphatic rings. The second-order valence-corrected chi connectivity index (χ2v) is 5.45. The zero-order valence-corrected chi connectivity index (χ0v) is 12.7. The van der Waals surface area contributed by atoms with Gasteiger partial charge in [-0.25, -0.2) is 0 Å². The van der Waals surface area contributed by atoms with E-state index in [1.54, 1.807) is 14.2 Å². The van der Waals surface area contributed by atoms with Crippen molar-refractivity contribution >= 4 is 32.7 Å². The normalized spacial score (nSPS) is 11.4. The molecule has 0 spiro atoms. The summed E-state index contributed by atoms with van der Waals surface area (Å²) in [5, 5.41) is 3.34. The number of fused-ring (bicyclic) bond motifs is 5. The number of pyridine rings is 1. The Kier molecular flexibility index (Phi) is 2.73. The smallest absolute Gasteiger partial charge is 0.162 e. The molecule has 1 N–H and O–H groups in total. The van der Waals surface area contributed by atoms with E-state index in [4.69, 9.17) is 9.47 Å². The number of aromatic amines is 1. The molecular weight excluding hydrogens is 276 g/mol. The maximum atomic E-state index is 5.42. The number of nitrogens with zero attached hydrogens (tertiary/aromatic N) is 1. The van der Waals surface area contributed by atoms with E-state index in [1.807, 2.05) is 18.3 Å². The molecule has 2 aromatic heterocycles. The van der Waals surface area contributed by atoms with Gasteiger partial charge in [0.2, 0.25) is 0 Å². The lowest BCUT2D eigenvalue weighted by Gasteiger charge is -2.09. The Bertz CT molecular complexity index is 1020. The van der Waals surface area contributed by atoms with E-state index in [0.717, 1.165) is 27.3 Å². The van der Waals surface area contributed by atoms with Crippen LogP contribution in [0.15, 0.2) is 36.5 Å². The minimum absolute atomic E-state index is 0.689. The summed E-state index contributed by atoms with van der Waals surface area (Å²) in [5.41, 5.74) is 4.31. The third kappa shape index (κ3) is 1.73. The molecule has 2 aromatic carbocycles. The lowest BCUT2D eigenvalue weighted by atomic mass is 10.1. The van der Waals surface area contributed by atoms with Crippen molar-refractivity contribution in [2.24, 2.45) is 0 Å². The average molecular weight is 292 g/mol. The molecular formula is C18H16N2O2. The fraction of sp³-hybridized carbons (Fsp3) is 0.167. The summed E-state index contributed by atoms with van der Waals surface area (Å²) in [7, 11) is 3.28. The first-order valence-corrected chi connectivity index (χ1v) is 7.14. The number of methoxy groups -OCH3 is 2. The first-order valence-electron chi connectivity index (χ1n) is 7.14. The molecule has 0 atom stereocenters. The van der Waals surface area contributed by atoms with Crippen LogP contribution in [0.1, 0.15) is 5.56 Å². The van der Waals surface area contributed by atoms with Crippen molar-refractivity contribution in [3.05, 3.63) is 42.1 Å². The van der Waals surface area contributed by atoms with Crippen molar-refractivity contribution in [3.8, 4) is 11.5 Å². The summed E-state index contributed by atoms with van der Waals surface area (Å²) in [6.07, 6.45) is 1.91. The molecule has 22 heavy (non-hydrogen) atoms. The topological polar surface area (TPSA) is 47.1 Å². The third-order valence-electron chi connectivity index (χ3n) is 4.10. The van der Waals surface area contributed by atoms with Crippen LogP contribution in [-0.2, 0) is 0 Å². The summed E-state index contributed by atoms with van der Waals surface area (Å²) in [6.45, 7) is 2.09. The molecule has 0 saturated carbocycles. The van der Waals surface area contributed by atoms with Crippen LogP contribution in [-0.4, -0.2) is 24.2 Å². The lowest BCUT2D eigenvalue weighted by Crippen LogP contribution is -1.91. The van der Waals surface area contributed by atoms with E-state index >= 15 is 0 Å². The van der Waals surface area contributed by atoms with Crippen LogP contribution in [0.4, 0.5) is 0 Å². The van der Waals surface area contributed by atoms with Gasteiger partial charge in [0, 0.05) is 33.9 Å². The van der Waals surface area contributed by atoms with Gasteiger partial charge in [-0.3, -0.25) is 4.98 Å². The molecule has 0 saturated heterocycles. The van der Waals surface area contributed by atoms with Gasteiger partial charge in [0.05, 0.1) is 25.3 Å². The van der Waals surface area contributed by atoms with Gasteiger partial charge in [-0.15, -0.1) is 0 Å². The van der Waals surface area contributed by atoms with E-state index in [-0.39, 0.29) is 0 Å². The third-order valence-corrected chi connectivity index (χ3v) is 4.10. The van der Waals surface area contributed by atoms with Gasteiger partial charge < -0.3 is 14.5 Å². The van der Waals surface area contributed by atoms with E-state index in [2.05, 4.69) is 35.1 Å². The van der Waals surface area contributed by atoms with Gasteiger partial charge in [0.25, 0.3) is 0 Å². The second kappa shape index (κ2) is 4.63. The van der Waals surface area contributed by atoms with Crippen molar-refractivity contribution in [3.63, 3.8) is 0 Å². The first kappa shape index (κ1) is 13.0. The first-order chi connectivity index (χ1) is 10.7. The Hall–Kier alpha value is -2.75. The summed E-state index contributed by atoms with van der Waals surface area (Å²) in [5.74, 6) is 1.40. The van der Waals surface area contributed by atoms with Crippen LogP contribution in [0, 0.1) is 6.92 Å². The molecule has 4 rings (SSSR count). The van der Waals surface area contributed by atoms with Gasteiger partial charge in [0.15, 0.2) is 11.5 Å². The van der Waals surface area contributed by atoms with Crippen LogP contribution >= 0.6 is 0 Å². The number of hydrogen-bond acceptors (Lipinski definition) is 3. The van der Waals surface area contributed by atoms with Crippen LogP contribution in [0.5, 0.6) is 11.5 Å². The Labute approximate surface area is 127 Å². The summed E-state index contributed by atoms with van der Waals surface area (Å²) in [4.78, 5) is 8.10. The number of aromatic nitrogens is 2. The molecule has 0 unspecified atom stereocenters. The van der Waals surface area contributed by atoms with Crippen LogP contribution in [0.25, 0.3) is 32.7 Å². The molecule has 110 valence electrons. The number of hydrogen-bond donors (Lipinski definition) is 1. The van der Waals surface area contributed by atoms with Crippen molar-refractivity contribution in [2.75, 3.05) is 14.2 Å². The van der Waals surface area contributed by atoms with Crippen molar-refractivity contribution < 1.29 is 9.47 Å². The van der Waals surface area contributed by atoms with E-state index < -0.39 is 0 Å². The fourth-order valence-electron chi connectivity index (χ4n) is 2.99. The van der Waals surface area contributed by atoms with Crippen molar-refractivity contribution in [2.45, 2.75) is 6.92 Å². The predicted octanol–water partition coefficient (Wildman–Crippen LogP) is 4.19. The molecule has 0 aliphatic carbocycles. The minimum Gasteiger partial charge on any atom is -0.493 e. The number of H-pyrrole nitrogens is 1. The van der Waals surface area contributed by atoms with E-state index in [1.165, 1.54) is 10.9 Å². The summed E-state index contributed by atoms with van der Waals surface area (Å²) < 4.78 is 10.8. The Morgan fingerprint density at radius 2 is 1.68 bits per heavy atom. The molecule has 4 nitrogen and oxygen atoms in total. The van der Waals surface area contributed by atoms with E-state index in [9.17, 15) is 0 Å². The highest BCUT2D eigenvalue weighted by Gasteiger charge is 2.12. The number of ether oxygens (including phenoxy) is 2. The summed E-state index contributed by atoms with van der Waals surface area (Å²) in [6, 6.07) is 10.3. The summed E-state index contributed by atoms with van der Waals surface area (Å²) >= 11 is 0. The predicted molar refractivity (Wildman–Crippen MR) is 88.9 cm³/mol. The van der Waals surface area contributed by atoms with Crippen LogP contribution < -0.4 is 9.47 Å². The molecule has 0 fully saturated rings. The lowest BCUT2D eigenvalue weighted by molar-refractivity contribution is 0.356. The van der Waals surface area contributed by atoms with Gasteiger partial charge in [-0.2, -0.15) is 0 Å². The highest BCUT2D eigenvalue weighted by atomic mass is 16.5. The Morgan fingerprint density at radius 1 is 0.909 bits per heavy atom. The monoisotopic (exact) mass is 292 g/mol. The highest BCUT2D eigenvalue weighted by molar-refractivity contribution is 6.16. The molecule has 0 bridgehead atoms. The molecule has 4 heteroatoms. The maximum absolute atomic E-state index is 5.42. The average Bonchev–Trinajstić information content (AvgIpc) is 2.91. The Morgan fingerprint density at radius 3 is 2.45 bits per heavy atom. The largest absolute Gasteiger partial charge is 0.493 e. The molecule has 0 radical (unpaired) electrons. The van der Waals surface area contributed by atoms with Crippen molar-refractivity contribution in [1.29, 1.82) is 0 Å². The van der Waals surface area contributed by atoms with Gasteiger partial charge in [0.1, 0.15) is 0 Å². The van der Waals surface area contributed by atoms with E-state index in [0.29, 0.717) is 11.5 Å². The molecule has 2 heterocycles. The zero-order valence-electron chi connectivity index (χ0n) is 12.7. The molecule has 4 aromatic rings. The fourth-order valence-corrected chi connectivity index (χ4v) is 2.99. The highest BCUT2D eigenvalue weighted by Crippen LogP contribution is 2.36.